The molecule has 19 heavy (non-hydrogen) atoms. The average molecular weight is 346 g/mol. The zero-order valence-electron chi connectivity index (χ0n) is 10.0. The Morgan fingerprint density at radius 1 is 1.26 bits per heavy atom. The molecule has 1 unspecified atom stereocenters. The van der Waals surface area contributed by atoms with Gasteiger partial charge in [0, 0.05) is 4.47 Å². The third-order valence-corrected chi connectivity index (χ3v) is 3.75. The van der Waals surface area contributed by atoms with Crippen molar-refractivity contribution in [1.82, 2.24) is 0 Å². The molecule has 2 rings (SSSR count). The molecular weight excluding hydrogens is 335 g/mol. The number of halogens is 3. The van der Waals surface area contributed by atoms with Crippen molar-refractivity contribution in [1.29, 1.82) is 0 Å². The van der Waals surface area contributed by atoms with Crippen LogP contribution >= 0.6 is 27.5 Å². The maximum atomic E-state index is 13.0. The maximum Gasteiger partial charge on any atom is 0.137 e. The van der Waals surface area contributed by atoms with Gasteiger partial charge in [-0.1, -0.05) is 39.7 Å². The van der Waals surface area contributed by atoms with Crippen LogP contribution in [0.1, 0.15) is 17.2 Å². The quantitative estimate of drug-likeness (QED) is 0.897. The van der Waals surface area contributed by atoms with Gasteiger partial charge in [-0.2, -0.15) is 0 Å². The van der Waals surface area contributed by atoms with Crippen LogP contribution < -0.4 is 4.74 Å². The summed E-state index contributed by atoms with van der Waals surface area (Å²) in [5, 5.41) is 10.8. The highest BCUT2D eigenvalue weighted by Crippen LogP contribution is 2.33. The van der Waals surface area contributed by atoms with Crippen LogP contribution in [0.25, 0.3) is 0 Å². The van der Waals surface area contributed by atoms with Crippen LogP contribution in [-0.2, 0) is 0 Å². The second kappa shape index (κ2) is 5.90. The summed E-state index contributed by atoms with van der Waals surface area (Å²) in [5.74, 6) is 0.118. The molecular formula is C14H11BrClFO2. The molecule has 0 aromatic heterocycles. The summed E-state index contributed by atoms with van der Waals surface area (Å²) in [7, 11) is 1.51. The molecule has 2 aromatic carbocycles. The molecule has 0 saturated carbocycles. The molecule has 1 atom stereocenters. The molecule has 0 radical (unpaired) electrons. The Labute approximate surface area is 123 Å². The Bertz CT molecular complexity index is 604. The van der Waals surface area contributed by atoms with Crippen molar-refractivity contribution in [3.8, 4) is 5.75 Å². The molecule has 0 fully saturated rings. The van der Waals surface area contributed by atoms with Crippen molar-refractivity contribution >= 4 is 27.5 Å². The standard InChI is InChI=1S/C14H11BrClFO2/c1-19-13-6-8(2-5-12(13)16)14(18)10-4-3-9(17)7-11(10)15/h2-7,14,18H,1H3. The summed E-state index contributed by atoms with van der Waals surface area (Å²) in [6, 6.07) is 9.15. The predicted octanol–water partition coefficient (Wildman–Crippen LogP) is 4.33. The molecule has 5 heteroatoms. The lowest BCUT2D eigenvalue weighted by molar-refractivity contribution is 0.219. The summed E-state index contributed by atoms with van der Waals surface area (Å²) in [6.07, 6.45) is -0.888. The fraction of sp³-hybridized carbons (Fsp3) is 0.143. The summed E-state index contributed by atoms with van der Waals surface area (Å²) in [6.45, 7) is 0. The van der Waals surface area contributed by atoms with E-state index in [9.17, 15) is 9.50 Å². The molecule has 0 aliphatic heterocycles. The maximum absolute atomic E-state index is 13.0. The van der Waals surface area contributed by atoms with Crippen molar-refractivity contribution in [2.24, 2.45) is 0 Å². The Balaban J connectivity index is 2.40. The van der Waals surface area contributed by atoms with Gasteiger partial charge < -0.3 is 9.84 Å². The van der Waals surface area contributed by atoms with Gasteiger partial charge >= 0.3 is 0 Å². The molecule has 2 nitrogen and oxygen atoms in total. The van der Waals surface area contributed by atoms with Crippen LogP contribution in [0.4, 0.5) is 4.39 Å². The number of aliphatic hydroxyl groups excluding tert-OH is 1. The van der Waals surface area contributed by atoms with E-state index in [-0.39, 0.29) is 5.82 Å². The van der Waals surface area contributed by atoms with Crippen LogP contribution in [0.2, 0.25) is 5.02 Å². The Morgan fingerprint density at radius 2 is 2.00 bits per heavy atom. The molecule has 0 bridgehead atoms. The molecule has 0 saturated heterocycles. The number of rotatable bonds is 3. The van der Waals surface area contributed by atoms with Gasteiger partial charge in [0.1, 0.15) is 17.7 Å². The van der Waals surface area contributed by atoms with Gasteiger partial charge in [-0.3, -0.25) is 0 Å². The van der Waals surface area contributed by atoms with Crippen molar-refractivity contribution in [3.05, 3.63) is 62.8 Å². The van der Waals surface area contributed by atoms with E-state index in [0.29, 0.717) is 26.4 Å². The fourth-order valence-electron chi connectivity index (χ4n) is 1.75. The van der Waals surface area contributed by atoms with E-state index >= 15 is 0 Å². The highest BCUT2D eigenvalue weighted by molar-refractivity contribution is 9.10. The molecule has 0 amide bonds. The van der Waals surface area contributed by atoms with E-state index in [1.165, 1.54) is 25.3 Å². The second-order valence-electron chi connectivity index (χ2n) is 3.96. The molecule has 0 aliphatic carbocycles. The van der Waals surface area contributed by atoms with E-state index in [4.69, 9.17) is 16.3 Å². The predicted molar refractivity (Wildman–Crippen MR) is 76.2 cm³/mol. The zero-order chi connectivity index (χ0) is 14.0. The minimum absolute atomic E-state index is 0.364. The largest absolute Gasteiger partial charge is 0.495 e. The molecule has 0 heterocycles. The first-order valence-electron chi connectivity index (χ1n) is 5.49. The number of aliphatic hydroxyl groups is 1. The van der Waals surface area contributed by atoms with Crippen molar-refractivity contribution < 1.29 is 14.2 Å². The number of methoxy groups -OCH3 is 1. The Morgan fingerprint density at radius 3 is 2.63 bits per heavy atom. The summed E-state index contributed by atoms with van der Waals surface area (Å²) < 4.78 is 18.7. The van der Waals surface area contributed by atoms with Crippen LogP contribution in [0.5, 0.6) is 5.75 Å². The number of ether oxygens (including phenoxy) is 1. The van der Waals surface area contributed by atoms with Crippen molar-refractivity contribution in [2.45, 2.75) is 6.10 Å². The average Bonchev–Trinajstić information content (AvgIpc) is 2.38. The van der Waals surface area contributed by atoms with Crippen LogP contribution in [0, 0.1) is 5.82 Å². The number of benzene rings is 2. The normalized spacial score (nSPS) is 12.3. The zero-order valence-corrected chi connectivity index (χ0v) is 12.4. The fourth-order valence-corrected chi connectivity index (χ4v) is 2.51. The van der Waals surface area contributed by atoms with E-state index in [0.717, 1.165) is 0 Å². The smallest absolute Gasteiger partial charge is 0.137 e. The monoisotopic (exact) mass is 344 g/mol. The SMILES string of the molecule is COc1cc(C(O)c2ccc(F)cc2Br)ccc1Cl. The van der Waals surface area contributed by atoms with E-state index in [1.54, 1.807) is 18.2 Å². The Kier molecular flexibility index (Phi) is 4.45. The third-order valence-electron chi connectivity index (χ3n) is 2.75. The third kappa shape index (κ3) is 3.08. The van der Waals surface area contributed by atoms with Gasteiger partial charge in [-0.25, -0.2) is 4.39 Å². The Hall–Kier alpha value is -1.10. The highest BCUT2D eigenvalue weighted by atomic mass is 79.9. The minimum Gasteiger partial charge on any atom is -0.495 e. The first-order chi connectivity index (χ1) is 9.02. The second-order valence-corrected chi connectivity index (χ2v) is 5.22. The lowest BCUT2D eigenvalue weighted by atomic mass is 10.0. The van der Waals surface area contributed by atoms with Crippen molar-refractivity contribution in [2.75, 3.05) is 7.11 Å². The topological polar surface area (TPSA) is 29.5 Å². The van der Waals surface area contributed by atoms with Gasteiger partial charge in [0.05, 0.1) is 12.1 Å². The van der Waals surface area contributed by atoms with Gasteiger partial charge in [0.25, 0.3) is 0 Å². The van der Waals surface area contributed by atoms with Crippen LogP contribution in [-0.4, -0.2) is 12.2 Å². The van der Waals surface area contributed by atoms with E-state index < -0.39 is 6.10 Å². The number of hydrogen-bond donors (Lipinski definition) is 1. The minimum atomic E-state index is -0.888. The van der Waals surface area contributed by atoms with E-state index in [2.05, 4.69) is 15.9 Å². The molecule has 0 aliphatic rings. The molecule has 2 aromatic rings. The lowest BCUT2D eigenvalue weighted by Crippen LogP contribution is -2.01. The molecule has 100 valence electrons. The first kappa shape index (κ1) is 14.3. The van der Waals surface area contributed by atoms with Gasteiger partial charge in [-0.05, 0) is 35.4 Å². The highest BCUT2D eigenvalue weighted by Gasteiger charge is 2.15. The van der Waals surface area contributed by atoms with Crippen LogP contribution in [0.15, 0.2) is 40.9 Å². The van der Waals surface area contributed by atoms with Crippen molar-refractivity contribution in [3.63, 3.8) is 0 Å². The molecule has 1 N–H and O–H groups in total. The van der Waals surface area contributed by atoms with Gasteiger partial charge in [-0.15, -0.1) is 0 Å². The summed E-state index contributed by atoms with van der Waals surface area (Å²) in [5.41, 5.74) is 1.19. The first-order valence-corrected chi connectivity index (χ1v) is 6.66. The number of hydrogen-bond acceptors (Lipinski definition) is 2. The van der Waals surface area contributed by atoms with Gasteiger partial charge in [0.15, 0.2) is 0 Å². The van der Waals surface area contributed by atoms with Gasteiger partial charge in [0.2, 0.25) is 0 Å². The lowest BCUT2D eigenvalue weighted by Gasteiger charge is -2.15. The van der Waals surface area contributed by atoms with Crippen LogP contribution in [0.3, 0.4) is 0 Å². The van der Waals surface area contributed by atoms with E-state index in [1.807, 2.05) is 0 Å². The molecule has 0 spiro atoms. The summed E-state index contributed by atoms with van der Waals surface area (Å²) in [4.78, 5) is 0. The summed E-state index contributed by atoms with van der Waals surface area (Å²) >= 11 is 9.17.